The third-order valence-electron chi connectivity index (χ3n) is 17.0. The predicted octanol–water partition coefficient (Wildman–Crippen LogP) is 2.00. The molecule has 8 N–H and O–H groups in total. The van der Waals surface area contributed by atoms with Gasteiger partial charge in [0.2, 0.25) is 0 Å². The molecule has 6 heterocycles. The topological polar surface area (TPSA) is 359 Å². The number of rotatable bonds is 18. The van der Waals surface area contributed by atoms with Crippen LogP contribution in [0.25, 0.3) is 0 Å². The summed E-state index contributed by atoms with van der Waals surface area (Å²) in [6.45, 7) is 15.2. The first kappa shape index (κ1) is 70.2. The van der Waals surface area contributed by atoms with Crippen molar-refractivity contribution in [3.63, 3.8) is 0 Å². The number of hydrogen-bond donors (Lipinski definition) is 8. The third kappa shape index (κ3) is 17.9. The van der Waals surface area contributed by atoms with Crippen LogP contribution in [0.2, 0.25) is 0 Å². The van der Waals surface area contributed by atoms with Gasteiger partial charge in [0, 0.05) is 13.3 Å². The minimum Gasteiger partial charge on any atom is -0.457 e. The Hall–Kier alpha value is -2.84. The van der Waals surface area contributed by atoms with Gasteiger partial charge in [-0.1, -0.05) is 92.4 Å². The summed E-state index contributed by atoms with van der Waals surface area (Å²) in [5.41, 5.74) is 0. The molecule has 486 valence electrons. The summed E-state index contributed by atoms with van der Waals surface area (Å²) in [4.78, 5) is 53.3. The zero-order valence-electron chi connectivity index (χ0n) is 50.4. The van der Waals surface area contributed by atoms with Gasteiger partial charge >= 0.3 is 23.9 Å². The van der Waals surface area contributed by atoms with E-state index in [4.69, 9.17) is 66.3 Å². The van der Waals surface area contributed by atoms with Crippen LogP contribution in [-0.2, 0) is 85.5 Å². The van der Waals surface area contributed by atoms with Gasteiger partial charge in [0.15, 0.2) is 55.9 Å². The van der Waals surface area contributed by atoms with E-state index in [-0.39, 0.29) is 18.9 Å². The fourth-order valence-corrected chi connectivity index (χ4v) is 11.3. The SMILES string of the molecule is CCCCC[C@H]1CCCCCCCCCC(=O)O[C@H]2[C@H](O[C@H]3[C@H](O1)O[C@H](C)[C@H](OC(C)=O)[C@@H]3O)O[C@@H](C)[C@H](O[C@@H]1O[C@@H](C)[C@H](O[C@@H]3O[C@@H](C)[C@H](OC(=O)[C@@H](C)CC)[C@@H](O)[C@H]3O)[C@@H](O[C@@H]3O[C@H](CO)[C@@H](O)[C@H](O)[C@H]3O)[C@H]1OC(=O)[C@@H](C)CC)[C@H]2O. The molecule has 0 saturated carbocycles. The second-order valence-electron chi connectivity index (χ2n) is 23.6. The van der Waals surface area contributed by atoms with Crippen molar-refractivity contribution in [2.24, 2.45) is 11.8 Å². The van der Waals surface area contributed by atoms with Crippen molar-refractivity contribution in [3.05, 3.63) is 0 Å². The maximum absolute atomic E-state index is 14.1. The summed E-state index contributed by atoms with van der Waals surface area (Å²) < 4.78 is 87.4. The summed E-state index contributed by atoms with van der Waals surface area (Å²) in [6, 6.07) is 0. The second-order valence-corrected chi connectivity index (χ2v) is 23.6. The van der Waals surface area contributed by atoms with E-state index < -0.39 is 196 Å². The van der Waals surface area contributed by atoms with Gasteiger partial charge in [0.05, 0.1) is 49.0 Å². The molecule has 26 nitrogen and oxygen atoms in total. The number of ether oxygens (including phenoxy) is 14. The summed E-state index contributed by atoms with van der Waals surface area (Å²) in [6.07, 6.45) is -29.7. The van der Waals surface area contributed by atoms with Crippen molar-refractivity contribution >= 4 is 23.9 Å². The normalized spacial score (nSPS) is 43.0. The average Bonchev–Trinajstić information content (AvgIpc) is 1.73. The monoisotopic (exact) mass is 1210 g/mol. The lowest BCUT2D eigenvalue weighted by Gasteiger charge is -2.51. The maximum Gasteiger partial charge on any atom is 0.309 e. The van der Waals surface area contributed by atoms with Gasteiger partial charge in [-0.05, 0) is 59.8 Å². The van der Waals surface area contributed by atoms with Crippen molar-refractivity contribution < 1.29 is 126 Å². The third-order valence-corrected chi connectivity index (χ3v) is 17.0. The van der Waals surface area contributed by atoms with E-state index in [2.05, 4.69) is 6.92 Å². The van der Waals surface area contributed by atoms with Crippen molar-refractivity contribution in [3.8, 4) is 0 Å². The first-order valence-corrected chi connectivity index (χ1v) is 30.6. The maximum atomic E-state index is 14.1. The molecule has 0 aromatic carbocycles. The van der Waals surface area contributed by atoms with Crippen LogP contribution in [-0.4, -0.2) is 231 Å². The van der Waals surface area contributed by atoms with Crippen LogP contribution in [0.1, 0.15) is 166 Å². The Balaban J connectivity index is 1.37. The van der Waals surface area contributed by atoms with E-state index in [1.165, 1.54) is 27.7 Å². The van der Waals surface area contributed by atoms with Gasteiger partial charge in [0.25, 0.3) is 0 Å². The zero-order valence-corrected chi connectivity index (χ0v) is 50.4. The summed E-state index contributed by atoms with van der Waals surface area (Å²) >= 11 is 0. The largest absolute Gasteiger partial charge is 0.457 e. The standard InChI is InChI=1S/C58H98O26/c1-11-14-20-23-34-24-21-18-16-15-17-19-22-25-36(61)78-48-43(68)46(31(8)73-57(48)83-49-42(67)45(75-33(10)60)30(7)72-56(49)76-34)81-58-51(80-53(70)28(5)13-3)50(84-55-40(65)38(63)37(62)35(26-59)77-55)47(32(9)74-58)82-54-41(66)39(64)44(29(6)71-54)79-52(69)27(4)12-2/h27-32,34-35,37-51,54-59,62-68H,11-26H2,1-10H3/t27-,28-,29-,30+,31-,32-,34-,35+,37+,38-,39-,40+,41+,42-,43+,44-,45-,46-,47-,48+,49+,50+,51+,54-,55-,56-,57-,58-/m0/s1. The summed E-state index contributed by atoms with van der Waals surface area (Å²) in [5.74, 6) is -4.25. The van der Waals surface area contributed by atoms with Gasteiger partial charge < -0.3 is 107 Å². The molecule has 28 atom stereocenters. The van der Waals surface area contributed by atoms with Gasteiger partial charge in [-0.3, -0.25) is 19.2 Å². The van der Waals surface area contributed by atoms with Gasteiger partial charge in [-0.2, -0.15) is 0 Å². The van der Waals surface area contributed by atoms with Crippen molar-refractivity contribution in [1.29, 1.82) is 0 Å². The number of fused-ring (bicyclic) bond motifs is 2. The highest BCUT2D eigenvalue weighted by molar-refractivity contribution is 5.72. The molecule has 84 heavy (non-hydrogen) atoms. The van der Waals surface area contributed by atoms with Crippen LogP contribution in [0, 0.1) is 11.8 Å². The molecule has 0 bridgehead atoms. The Morgan fingerprint density at radius 1 is 0.512 bits per heavy atom. The molecule has 6 aliphatic rings. The molecule has 6 rings (SSSR count). The molecule has 0 aromatic rings. The minimum atomic E-state index is -2.03. The quantitative estimate of drug-likeness (QED) is 0.0553. The molecule has 0 aliphatic carbocycles. The lowest BCUT2D eigenvalue weighted by molar-refractivity contribution is -0.400. The van der Waals surface area contributed by atoms with E-state index in [0.29, 0.717) is 25.7 Å². The van der Waals surface area contributed by atoms with Gasteiger partial charge in [-0.25, -0.2) is 0 Å². The first-order chi connectivity index (χ1) is 39.9. The molecule has 0 radical (unpaired) electrons. The predicted molar refractivity (Wildman–Crippen MR) is 289 cm³/mol. The highest BCUT2D eigenvalue weighted by atomic mass is 16.8. The highest BCUT2D eigenvalue weighted by Crippen LogP contribution is 2.40. The zero-order chi connectivity index (χ0) is 61.7. The summed E-state index contributed by atoms with van der Waals surface area (Å²) in [7, 11) is 0. The summed E-state index contributed by atoms with van der Waals surface area (Å²) in [5, 5.41) is 91.0. The first-order valence-electron chi connectivity index (χ1n) is 30.6. The molecule has 6 fully saturated rings. The minimum absolute atomic E-state index is 0.0578. The molecule has 0 spiro atoms. The van der Waals surface area contributed by atoms with E-state index in [9.17, 15) is 60.0 Å². The van der Waals surface area contributed by atoms with Crippen molar-refractivity contribution in [1.82, 2.24) is 0 Å². The Morgan fingerprint density at radius 2 is 1.01 bits per heavy atom. The Bertz CT molecular complexity index is 2020. The van der Waals surface area contributed by atoms with Gasteiger partial charge in [-0.15, -0.1) is 0 Å². The van der Waals surface area contributed by atoms with Crippen LogP contribution < -0.4 is 0 Å². The van der Waals surface area contributed by atoms with Crippen molar-refractivity contribution in [2.75, 3.05) is 6.61 Å². The number of carbonyl (C=O) groups excluding carboxylic acids is 4. The Morgan fingerprint density at radius 3 is 1.63 bits per heavy atom. The molecular weight excluding hydrogens is 1110 g/mol. The van der Waals surface area contributed by atoms with E-state index in [1.54, 1.807) is 34.6 Å². The van der Waals surface area contributed by atoms with Crippen LogP contribution in [0.5, 0.6) is 0 Å². The van der Waals surface area contributed by atoms with Crippen LogP contribution in [0.4, 0.5) is 0 Å². The number of aliphatic hydroxyl groups is 8. The second kappa shape index (κ2) is 33.1. The molecule has 26 heteroatoms. The van der Waals surface area contributed by atoms with Crippen LogP contribution in [0.3, 0.4) is 0 Å². The average molecular weight is 1210 g/mol. The lowest BCUT2D eigenvalue weighted by Crippen LogP contribution is -2.68. The van der Waals surface area contributed by atoms with E-state index >= 15 is 0 Å². The number of unbranched alkanes of at least 4 members (excludes halogenated alkanes) is 2. The lowest BCUT2D eigenvalue weighted by atomic mass is 9.95. The fraction of sp³-hybridized carbons (Fsp3) is 0.931. The molecule has 0 unspecified atom stereocenters. The molecule has 6 aliphatic heterocycles. The molecule has 0 aromatic heterocycles. The molecular formula is C58H98O26. The van der Waals surface area contributed by atoms with Crippen LogP contribution >= 0.6 is 0 Å². The fourth-order valence-electron chi connectivity index (χ4n) is 11.3. The molecule has 0 amide bonds. The van der Waals surface area contributed by atoms with Gasteiger partial charge in [0.1, 0.15) is 73.2 Å². The number of hydrogen-bond acceptors (Lipinski definition) is 26. The highest BCUT2D eigenvalue weighted by Gasteiger charge is 2.59. The number of esters is 4. The number of carbonyl (C=O) groups is 4. The Labute approximate surface area is 492 Å². The Kier molecular flexibility index (Phi) is 27.7. The van der Waals surface area contributed by atoms with Crippen LogP contribution in [0.15, 0.2) is 0 Å². The van der Waals surface area contributed by atoms with E-state index in [1.807, 2.05) is 0 Å². The smallest absolute Gasteiger partial charge is 0.309 e. The van der Waals surface area contributed by atoms with Crippen molar-refractivity contribution in [2.45, 2.75) is 325 Å². The number of aliphatic hydroxyl groups excluding tert-OH is 8. The van der Waals surface area contributed by atoms with E-state index in [0.717, 1.165) is 57.8 Å². The molecule has 6 saturated heterocycles.